The summed E-state index contributed by atoms with van der Waals surface area (Å²) in [7, 11) is 1.27. The molecule has 0 aliphatic rings. The van der Waals surface area contributed by atoms with Crippen molar-refractivity contribution in [3.63, 3.8) is 0 Å². The lowest BCUT2D eigenvalue weighted by molar-refractivity contribution is -0.387. The first-order valence-corrected chi connectivity index (χ1v) is 7.54. The van der Waals surface area contributed by atoms with Crippen molar-refractivity contribution in [3.05, 3.63) is 57.1 Å². The third-order valence-electron chi connectivity index (χ3n) is 3.35. The molecule has 0 aliphatic carbocycles. The number of rotatable bonds is 5. The van der Waals surface area contributed by atoms with Crippen LogP contribution in [0.15, 0.2) is 29.8 Å². The number of hydrogen-bond acceptors (Lipinski definition) is 6. The maximum absolute atomic E-state index is 14.0. The van der Waals surface area contributed by atoms with Crippen LogP contribution in [0.25, 0.3) is 10.2 Å². The minimum atomic E-state index is -1.04. The summed E-state index contributed by atoms with van der Waals surface area (Å²) in [6, 6.07) is 4.67. The summed E-state index contributed by atoms with van der Waals surface area (Å²) in [5.74, 6) is -1.64. The summed E-state index contributed by atoms with van der Waals surface area (Å²) in [5, 5.41) is 10.8. The average Bonchev–Trinajstić information content (AvgIpc) is 3.02. The molecule has 2 aromatic carbocycles. The lowest BCUT2D eigenvalue weighted by atomic mass is 10.2. The maximum atomic E-state index is 14.0. The van der Waals surface area contributed by atoms with Crippen molar-refractivity contribution in [3.8, 4) is 11.5 Å². The standard InChI is InChI=1S/C15H10F2N2O4S/c1-22-12-4-10(17)11(19(20)21)5-13(12)23-6-8-9(16)2-3-14-15(8)18-7-24-14/h2-5,7H,6H2,1H3. The van der Waals surface area contributed by atoms with Gasteiger partial charge >= 0.3 is 5.69 Å². The summed E-state index contributed by atoms with van der Waals surface area (Å²) < 4.78 is 38.8. The SMILES string of the molecule is COc1cc(F)c([N+](=O)[O-])cc1OCc1c(F)ccc2scnc12. The molecule has 1 aromatic heterocycles. The highest BCUT2D eigenvalue weighted by atomic mass is 32.1. The van der Waals surface area contributed by atoms with E-state index in [4.69, 9.17) is 9.47 Å². The van der Waals surface area contributed by atoms with E-state index in [0.29, 0.717) is 5.52 Å². The van der Waals surface area contributed by atoms with Gasteiger partial charge in [0.25, 0.3) is 0 Å². The number of aromatic nitrogens is 1. The Bertz CT molecular complexity index is 929. The minimum absolute atomic E-state index is 0.0241. The number of thiazole rings is 1. The Hall–Kier alpha value is -2.81. The van der Waals surface area contributed by atoms with Crippen LogP contribution in [0.3, 0.4) is 0 Å². The number of fused-ring (bicyclic) bond motifs is 1. The van der Waals surface area contributed by atoms with E-state index in [1.807, 2.05) is 0 Å². The molecular weight excluding hydrogens is 342 g/mol. The summed E-state index contributed by atoms with van der Waals surface area (Å²) in [6.45, 7) is -0.230. The number of nitrogens with zero attached hydrogens (tertiary/aromatic N) is 2. The average molecular weight is 352 g/mol. The Morgan fingerprint density at radius 1 is 1.25 bits per heavy atom. The van der Waals surface area contributed by atoms with Crippen molar-refractivity contribution >= 4 is 27.2 Å². The van der Waals surface area contributed by atoms with Crippen LogP contribution in [-0.4, -0.2) is 17.0 Å². The van der Waals surface area contributed by atoms with E-state index in [-0.39, 0.29) is 23.7 Å². The molecule has 0 saturated heterocycles. The fraction of sp³-hybridized carbons (Fsp3) is 0.133. The van der Waals surface area contributed by atoms with Crippen LogP contribution in [0.2, 0.25) is 0 Å². The highest BCUT2D eigenvalue weighted by Gasteiger charge is 2.20. The smallest absolute Gasteiger partial charge is 0.308 e. The van der Waals surface area contributed by atoms with Gasteiger partial charge in [0.1, 0.15) is 12.4 Å². The second kappa shape index (κ2) is 6.36. The van der Waals surface area contributed by atoms with Crippen molar-refractivity contribution in [1.29, 1.82) is 0 Å². The van der Waals surface area contributed by atoms with Gasteiger partial charge in [0, 0.05) is 6.07 Å². The highest BCUT2D eigenvalue weighted by molar-refractivity contribution is 7.16. The van der Waals surface area contributed by atoms with E-state index in [2.05, 4.69) is 4.98 Å². The molecule has 1 heterocycles. The number of ether oxygens (including phenoxy) is 2. The summed E-state index contributed by atoms with van der Waals surface area (Å²) in [4.78, 5) is 14.1. The third-order valence-corrected chi connectivity index (χ3v) is 4.15. The van der Waals surface area contributed by atoms with Gasteiger partial charge in [-0.3, -0.25) is 10.1 Å². The lowest BCUT2D eigenvalue weighted by Crippen LogP contribution is -2.03. The molecule has 0 amide bonds. The molecule has 0 unspecified atom stereocenters. The predicted molar refractivity (Wildman–Crippen MR) is 83.5 cm³/mol. The van der Waals surface area contributed by atoms with Crippen LogP contribution < -0.4 is 9.47 Å². The van der Waals surface area contributed by atoms with Gasteiger partial charge in [-0.1, -0.05) is 0 Å². The number of methoxy groups -OCH3 is 1. The van der Waals surface area contributed by atoms with E-state index < -0.39 is 22.2 Å². The van der Waals surface area contributed by atoms with E-state index in [9.17, 15) is 18.9 Å². The van der Waals surface area contributed by atoms with Gasteiger partial charge in [-0.15, -0.1) is 11.3 Å². The van der Waals surface area contributed by atoms with Gasteiger partial charge in [0.05, 0.1) is 39.4 Å². The van der Waals surface area contributed by atoms with Gasteiger partial charge in [-0.05, 0) is 12.1 Å². The summed E-state index contributed by atoms with van der Waals surface area (Å²) in [6.07, 6.45) is 0. The van der Waals surface area contributed by atoms with E-state index in [0.717, 1.165) is 16.8 Å². The molecule has 6 nitrogen and oxygen atoms in total. The van der Waals surface area contributed by atoms with Crippen molar-refractivity contribution in [2.75, 3.05) is 7.11 Å². The van der Waals surface area contributed by atoms with Crippen molar-refractivity contribution in [1.82, 2.24) is 4.98 Å². The van der Waals surface area contributed by atoms with Crippen LogP contribution in [0.5, 0.6) is 11.5 Å². The van der Waals surface area contributed by atoms with Gasteiger partial charge in [0.15, 0.2) is 11.5 Å². The number of nitro benzene ring substituents is 1. The monoisotopic (exact) mass is 352 g/mol. The van der Waals surface area contributed by atoms with E-state index >= 15 is 0 Å². The second-order valence-electron chi connectivity index (χ2n) is 4.73. The first kappa shape index (κ1) is 16.1. The lowest BCUT2D eigenvalue weighted by Gasteiger charge is -2.11. The zero-order chi connectivity index (χ0) is 17.3. The van der Waals surface area contributed by atoms with Crippen LogP contribution in [0.1, 0.15) is 5.56 Å². The van der Waals surface area contributed by atoms with Crippen LogP contribution >= 0.6 is 11.3 Å². The molecule has 0 bridgehead atoms. The summed E-state index contributed by atoms with van der Waals surface area (Å²) >= 11 is 1.35. The normalized spacial score (nSPS) is 10.8. The first-order chi connectivity index (χ1) is 11.5. The number of benzene rings is 2. The Balaban J connectivity index is 1.96. The van der Waals surface area contributed by atoms with Gasteiger partial charge in [0.2, 0.25) is 5.82 Å². The van der Waals surface area contributed by atoms with Gasteiger partial charge in [-0.2, -0.15) is 4.39 Å². The summed E-state index contributed by atoms with van der Waals surface area (Å²) in [5.41, 5.74) is 1.49. The Labute approximate surface area is 138 Å². The molecule has 0 N–H and O–H groups in total. The van der Waals surface area contributed by atoms with E-state index in [1.165, 1.54) is 24.5 Å². The number of nitro groups is 1. The zero-order valence-corrected chi connectivity index (χ0v) is 13.1. The van der Waals surface area contributed by atoms with Crippen LogP contribution in [-0.2, 0) is 6.61 Å². The molecule has 0 spiro atoms. The molecule has 0 aliphatic heterocycles. The Morgan fingerprint density at radius 2 is 2.04 bits per heavy atom. The molecule has 0 saturated carbocycles. The Kier molecular flexibility index (Phi) is 4.26. The zero-order valence-electron chi connectivity index (χ0n) is 12.3. The first-order valence-electron chi connectivity index (χ1n) is 6.66. The fourth-order valence-corrected chi connectivity index (χ4v) is 2.89. The minimum Gasteiger partial charge on any atom is -0.493 e. The second-order valence-corrected chi connectivity index (χ2v) is 5.61. The Morgan fingerprint density at radius 3 is 2.75 bits per heavy atom. The molecular formula is C15H10F2N2O4S. The van der Waals surface area contributed by atoms with Gasteiger partial charge in [-0.25, -0.2) is 9.37 Å². The number of hydrogen-bond donors (Lipinski definition) is 0. The molecule has 3 rings (SSSR count). The molecule has 24 heavy (non-hydrogen) atoms. The van der Waals surface area contributed by atoms with E-state index in [1.54, 1.807) is 11.6 Å². The topological polar surface area (TPSA) is 74.5 Å². The number of halogens is 2. The van der Waals surface area contributed by atoms with Gasteiger partial charge < -0.3 is 9.47 Å². The molecule has 0 radical (unpaired) electrons. The predicted octanol–water partition coefficient (Wildman–Crippen LogP) is 4.07. The van der Waals surface area contributed by atoms with Crippen molar-refractivity contribution < 1.29 is 23.2 Å². The maximum Gasteiger partial charge on any atom is 0.308 e. The molecule has 3 aromatic rings. The third kappa shape index (κ3) is 2.85. The molecule has 9 heteroatoms. The molecule has 124 valence electrons. The van der Waals surface area contributed by atoms with Crippen molar-refractivity contribution in [2.45, 2.75) is 6.61 Å². The highest BCUT2D eigenvalue weighted by Crippen LogP contribution is 2.35. The molecule has 0 atom stereocenters. The molecule has 0 fully saturated rings. The quantitative estimate of drug-likeness (QED) is 0.511. The van der Waals surface area contributed by atoms with Crippen molar-refractivity contribution in [2.24, 2.45) is 0 Å². The largest absolute Gasteiger partial charge is 0.493 e. The van der Waals surface area contributed by atoms with Crippen LogP contribution in [0, 0.1) is 21.7 Å². The fourth-order valence-electron chi connectivity index (χ4n) is 2.19. The van der Waals surface area contributed by atoms with Crippen LogP contribution in [0.4, 0.5) is 14.5 Å².